The van der Waals surface area contributed by atoms with Crippen LogP contribution in [0.25, 0.3) is 0 Å². The molecule has 0 saturated carbocycles. The molecule has 0 bridgehead atoms. The normalized spacial score (nSPS) is 15.6. The second-order valence-corrected chi connectivity index (χ2v) is 5.73. The minimum Gasteiger partial charge on any atom is -0.326 e. The highest BCUT2D eigenvalue weighted by molar-refractivity contribution is 5.38. The van der Waals surface area contributed by atoms with Crippen molar-refractivity contribution in [2.75, 3.05) is 0 Å². The van der Waals surface area contributed by atoms with Crippen LogP contribution in [-0.4, -0.2) is 4.98 Å². The van der Waals surface area contributed by atoms with E-state index in [1.165, 1.54) is 30.4 Å². The number of fused-ring (bicyclic) bond motifs is 1. The lowest BCUT2D eigenvalue weighted by atomic mass is 9.93. The Morgan fingerprint density at radius 2 is 1.83 bits per heavy atom. The summed E-state index contributed by atoms with van der Waals surface area (Å²) in [5, 5.41) is 0. The van der Waals surface area contributed by atoms with Crippen molar-refractivity contribution in [3.05, 3.63) is 32.7 Å². The highest BCUT2D eigenvalue weighted by Crippen LogP contribution is 2.25. The lowest BCUT2D eigenvalue weighted by Crippen LogP contribution is -2.23. The molecule has 0 spiro atoms. The third-order valence-corrected chi connectivity index (χ3v) is 3.80. The van der Waals surface area contributed by atoms with E-state index in [1.54, 1.807) is 0 Å². The number of nitrogens with one attached hydrogen (secondary N) is 1. The minimum absolute atomic E-state index is 0.0359. The summed E-state index contributed by atoms with van der Waals surface area (Å²) >= 11 is 0. The van der Waals surface area contributed by atoms with Gasteiger partial charge in [0.2, 0.25) is 0 Å². The zero-order chi connectivity index (χ0) is 13.1. The molecule has 0 amide bonds. The molecule has 1 aliphatic rings. The first kappa shape index (κ1) is 13.3. The number of aromatic amines is 1. The van der Waals surface area contributed by atoms with Crippen LogP contribution in [0.4, 0.5) is 0 Å². The molecule has 3 heteroatoms. The zero-order valence-electron chi connectivity index (χ0n) is 11.5. The van der Waals surface area contributed by atoms with Crippen LogP contribution < -0.4 is 11.3 Å². The van der Waals surface area contributed by atoms with Gasteiger partial charge in [-0.3, -0.25) is 4.79 Å². The largest absolute Gasteiger partial charge is 0.326 e. The first-order valence-corrected chi connectivity index (χ1v) is 7.09. The molecular weight excluding hydrogens is 224 g/mol. The molecule has 3 N–H and O–H groups in total. The summed E-state index contributed by atoms with van der Waals surface area (Å²) in [5.74, 6) is 0.566. The Kier molecular flexibility index (Phi) is 4.23. The Bertz CT molecular complexity index is 474. The van der Waals surface area contributed by atoms with E-state index in [1.807, 2.05) is 0 Å². The molecule has 100 valence electrons. The minimum atomic E-state index is 0.0359. The van der Waals surface area contributed by atoms with Crippen molar-refractivity contribution in [2.45, 2.75) is 58.9 Å². The number of H-pyrrole nitrogens is 1. The van der Waals surface area contributed by atoms with Gasteiger partial charge < -0.3 is 10.7 Å². The van der Waals surface area contributed by atoms with Crippen LogP contribution in [0.2, 0.25) is 0 Å². The average molecular weight is 248 g/mol. The third kappa shape index (κ3) is 2.66. The fraction of sp³-hybridized carbons (Fsp3) is 0.667. The van der Waals surface area contributed by atoms with Crippen LogP contribution in [0.15, 0.2) is 4.79 Å². The predicted molar refractivity (Wildman–Crippen MR) is 74.8 cm³/mol. The average Bonchev–Trinajstić information content (AvgIpc) is 2.54. The summed E-state index contributed by atoms with van der Waals surface area (Å²) in [6, 6.07) is 0. The zero-order valence-corrected chi connectivity index (χ0v) is 11.5. The van der Waals surface area contributed by atoms with Gasteiger partial charge in [0.05, 0.1) is 0 Å². The molecule has 0 saturated heterocycles. The summed E-state index contributed by atoms with van der Waals surface area (Å²) in [7, 11) is 0. The van der Waals surface area contributed by atoms with Gasteiger partial charge in [-0.25, -0.2) is 0 Å². The van der Waals surface area contributed by atoms with Gasteiger partial charge in [-0.15, -0.1) is 0 Å². The van der Waals surface area contributed by atoms with Crippen LogP contribution in [0.1, 0.15) is 55.5 Å². The maximum absolute atomic E-state index is 12.1. The van der Waals surface area contributed by atoms with Crippen molar-refractivity contribution in [1.29, 1.82) is 0 Å². The summed E-state index contributed by atoms with van der Waals surface area (Å²) in [4.78, 5) is 15.2. The number of aromatic nitrogens is 1. The van der Waals surface area contributed by atoms with E-state index >= 15 is 0 Å². The van der Waals surface area contributed by atoms with E-state index in [9.17, 15) is 4.79 Å². The number of rotatable bonds is 3. The van der Waals surface area contributed by atoms with Gasteiger partial charge in [0.1, 0.15) is 0 Å². The van der Waals surface area contributed by atoms with Gasteiger partial charge in [-0.05, 0) is 49.1 Å². The van der Waals surface area contributed by atoms with Gasteiger partial charge in [-0.1, -0.05) is 20.3 Å². The second kappa shape index (κ2) is 5.70. The maximum Gasteiger partial charge on any atom is 0.252 e. The molecule has 3 nitrogen and oxygen atoms in total. The summed E-state index contributed by atoms with van der Waals surface area (Å²) < 4.78 is 0. The fourth-order valence-corrected chi connectivity index (χ4v) is 2.97. The van der Waals surface area contributed by atoms with Crippen molar-refractivity contribution < 1.29 is 0 Å². The maximum atomic E-state index is 12.1. The number of pyridine rings is 1. The van der Waals surface area contributed by atoms with Gasteiger partial charge in [0.25, 0.3) is 5.56 Å². The van der Waals surface area contributed by atoms with Gasteiger partial charge in [0.15, 0.2) is 0 Å². The molecule has 2 rings (SSSR count). The Labute approximate surface area is 109 Å². The van der Waals surface area contributed by atoms with E-state index in [-0.39, 0.29) is 5.56 Å². The van der Waals surface area contributed by atoms with E-state index in [0.717, 1.165) is 30.5 Å². The van der Waals surface area contributed by atoms with E-state index < -0.39 is 0 Å². The van der Waals surface area contributed by atoms with E-state index in [4.69, 9.17) is 5.73 Å². The van der Waals surface area contributed by atoms with Crippen molar-refractivity contribution in [2.24, 2.45) is 11.7 Å². The molecule has 1 aromatic heterocycles. The van der Waals surface area contributed by atoms with Gasteiger partial charge in [0, 0.05) is 17.8 Å². The topological polar surface area (TPSA) is 58.9 Å². The molecule has 0 aromatic carbocycles. The molecule has 1 aliphatic carbocycles. The predicted octanol–water partition coefficient (Wildman–Crippen LogP) is 2.30. The van der Waals surface area contributed by atoms with Crippen LogP contribution in [0.5, 0.6) is 0 Å². The van der Waals surface area contributed by atoms with Gasteiger partial charge in [-0.2, -0.15) is 0 Å². The molecule has 0 unspecified atom stereocenters. The summed E-state index contributed by atoms with van der Waals surface area (Å²) in [6.45, 7) is 4.75. The first-order chi connectivity index (χ1) is 8.63. The molecule has 0 radical (unpaired) electrons. The molecule has 0 atom stereocenters. The molecule has 0 aliphatic heterocycles. The van der Waals surface area contributed by atoms with Crippen LogP contribution in [-0.2, 0) is 25.8 Å². The SMILES string of the molecule is CC(C)Cc1[nH]c(=O)c(CN)c2c1CCCCC2. The number of nitrogens with two attached hydrogens (primary N) is 1. The summed E-state index contributed by atoms with van der Waals surface area (Å²) in [5.41, 5.74) is 10.4. The Hall–Kier alpha value is -1.09. The monoisotopic (exact) mass is 248 g/mol. The number of hydrogen-bond donors (Lipinski definition) is 2. The molecule has 1 heterocycles. The molecular formula is C15H24N2O. The van der Waals surface area contributed by atoms with Crippen molar-refractivity contribution in [3.8, 4) is 0 Å². The lowest BCUT2D eigenvalue weighted by molar-refractivity contribution is 0.624. The number of hydrogen-bond acceptors (Lipinski definition) is 2. The lowest BCUT2D eigenvalue weighted by Gasteiger charge is -2.16. The fourth-order valence-electron chi connectivity index (χ4n) is 2.97. The Morgan fingerprint density at radius 3 is 2.44 bits per heavy atom. The molecule has 0 fully saturated rings. The van der Waals surface area contributed by atoms with Crippen LogP contribution in [0, 0.1) is 5.92 Å². The van der Waals surface area contributed by atoms with Crippen molar-refractivity contribution >= 4 is 0 Å². The molecule has 18 heavy (non-hydrogen) atoms. The smallest absolute Gasteiger partial charge is 0.252 e. The first-order valence-electron chi connectivity index (χ1n) is 7.09. The standard InChI is InChI=1S/C15H24N2O/c1-10(2)8-14-12-7-5-3-4-6-11(12)13(9-16)15(18)17-14/h10H,3-9,16H2,1-2H3,(H,17,18). The Morgan fingerprint density at radius 1 is 1.17 bits per heavy atom. The van der Waals surface area contributed by atoms with E-state index in [0.29, 0.717) is 12.5 Å². The summed E-state index contributed by atoms with van der Waals surface area (Å²) in [6.07, 6.45) is 6.76. The third-order valence-electron chi connectivity index (χ3n) is 3.80. The van der Waals surface area contributed by atoms with Crippen molar-refractivity contribution in [3.63, 3.8) is 0 Å². The second-order valence-electron chi connectivity index (χ2n) is 5.73. The highest BCUT2D eigenvalue weighted by atomic mass is 16.1. The van der Waals surface area contributed by atoms with Crippen LogP contribution >= 0.6 is 0 Å². The van der Waals surface area contributed by atoms with Crippen molar-refractivity contribution in [1.82, 2.24) is 4.98 Å². The van der Waals surface area contributed by atoms with Gasteiger partial charge >= 0.3 is 0 Å². The highest BCUT2D eigenvalue weighted by Gasteiger charge is 2.18. The molecule has 1 aromatic rings. The van der Waals surface area contributed by atoms with Crippen LogP contribution in [0.3, 0.4) is 0 Å². The quantitative estimate of drug-likeness (QED) is 0.806. The Balaban J connectivity index is 2.55. The van der Waals surface area contributed by atoms with E-state index in [2.05, 4.69) is 18.8 Å².